The normalized spacial score (nSPS) is 13.3. The third-order valence-corrected chi connectivity index (χ3v) is 7.89. The van der Waals surface area contributed by atoms with Crippen LogP contribution in [0.3, 0.4) is 0 Å². The minimum atomic E-state index is -2.94. The summed E-state index contributed by atoms with van der Waals surface area (Å²) in [6.45, 7) is 2.13. The minimum absolute atomic E-state index is 0.0380. The molecule has 9 nitrogen and oxygen atoms in total. The van der Waals surface area contributed by atoms with Crippen LogP contribution >= 0.6 is 11.3 Å². The molecule has 2 atom stereocenters. The summed E-state index contributed by atoms with van der Waals surface area (Å²) >= 11 is 1.58. The monoisotopic (exact) mass is 536 g/mol. The van der Waals surface area contributed by atoms with E-state index in [1.807, 2.05) is 54.8 Å². The zero-order chi connectivity index (χ0) is 26.3. The summed E-state index contributed by atoms with van der Waals surface area (Å²) in [5, 5.41) is 20.5. The quantitative estimate of drug-likeness (QED) is 0.234. The maximum atomic E-state index is 13.1. The lowest BCUT2D eigenvalue weighted by atomic mass is 10.2. The molecule has 0 saturated carbocycles. The van der Waals surface area contributed by atoms with Gasteiger partial charge in [-0.15, -0.1) is 15.7 Å². The van der Waals surface area contributed by atoms with Gasteiger partial charge < -0.3 is 21.1 Å². The highest BCUT2D eigenvalue weighted by Gasteiger charge is 2.14. The first kappa shape index (κ1) is 26.3. The molecule has 0 bridgehead atoms. The largest absolute Gasteiger partial charge is 0.394 e. The Bertz CT molecular complexity index is 1450. The zero-order valence-electron chi connectivity index (χ0n) is 20.4. The number of aromatic nitrogens is 2. The van der Waals surface area contributed by atoms with Gasteiger partial charge in [0.1, 0.15) is 5.82 Å². The second-order valence-corrected chi connectivity index (χ2v) is 11.6. The summed E-state index contributed by atoms with van der Waals surface area (Å²) in [5.74, 6) is 0.970. The van der Waals surface area contributed by atoms with E-state index in [9.17, 15) is 14.1 Å². The van der Waals surface area contributed by atoms with E-state index in [1.54, 1.807) is 41.8 Å². The van der Waals surface area contributed by atoms with Gasteiger partial charge in [0.15, 0.2) is 0 Å². The lowest BCUT2D eigenvalue weighted by Gasteiger charge is -2.16. The van der Waals surface area contributed by atoms with Crippen molar-refractivity contribution in [3.8, 4) is 10.4 Å². The standard InChI is InChI=1S/C26H28N6O3S2/c1-18(17-33)29-24-22(23-9-6-14-36-23)16-27-25(31-24)30-20-10-12-21(13-11-20)37(2,35)32-26(34)28-15-19-7-4-3-5-8-19/h3-14,16,18,33H,15,17H2,1-2H3,(H,28,34)(H2,27,29,30,31)/t18-,37?/m1/s1. The van der Waals surface area contributed by atoms with Gasteiger partial charge in [0.2, 0.25) is 5.95 Å². The number of benzene rings is 2. The first-order chi connectivity index (χ1) is 17.8. The molecule has 0 radical (unpaired) electrons. The Morgan fingerprint density at radius 2 is 1.86 bits per heavy atom. The predicted molar refractivity (Wildman–Crippen MR) is 149 cm³/mol. The van der Waals surface area contributed by atoms with Crippen LogP contribution in [0.15, 0.2) is 87.6 Å². The van der Waals surface area contributed by atoms with Crippen molar-refractivity contribution in [3.05, 3.63) is 83.9 Å². The summed E-state index contributed by atoms with van der Waals surface area (Å²) in [6, 6.07) is 19.3. The molecule has 2 heterocycles. The predicted octanol–water partition coefficient (Wildman–Crippen LogP) is 5.11. The van der Waals surface area contributed by atoms with Crippen molar-refractivity contribution in [1.29, 1.82) is 0 Å². The molecule has 4 N–H and O–H groups in total. The number of anilines is 3. The van der Waals surface area contributed by atoms with Crippen molar-refractivity contribution in [2.24, 2.45) is 4.36 Å². The maximum Gasteiger partial charge on any atom is 0.349 e. The van der Waals surface area contributed by atoms with E-state index < -0.39 is 15.8 Å². The second kappa shape index (κ2) is 12.0. The molecule has 4 rings (SSSR count). The Balaban J connectivity index is 1.47. The van der Waals surface area contributed by atoms with Crippen molar-refractivity contribution in [3.63, 3.8) is 0 Å². The van der Waals surface area contributed by atoms with Gasteiger partial charge in [-0.3, -0.25) is 0 Å². The minimum Gasteiger partial charge on any atom is -0.394 e. The van der Waals surface area contributed by atoms with Crippen LogP contribution in [0.4, 0.5) is 22.2 Å². The Kier molecular flexibility index (Phi) is 8.49. The summed E-state index contributed by atoms with van der Waals surface area (Å²) < 4.78 is 17.0. The van der Waals surface area contributed by atoms with Crippen LogP contribution in [0, 0.1) is 0 Å². The van der Waals surface area contributed by atoms with E-state index in [1.165, 1.54) is 6.26 Å². The fraction of sp³-hybridized carbons (Fsp3) is 0.192. The van der Waals surface area contributed by atoms with Crippen LogP contribution in [-0.4, -0.2) is 44.2 Å². The number of aliphatic hydroxyl groups excluding tert-OH is 1. The Labute approximate surface area is 220 Å². The summed E-state index contributed by atoms with van der Waals surface area (Å²) in [5.41, 5.74) is 2.45. The second-order valence-electron chi connectivity index (χ2n) is 8.35. The molecule has 37 heavy (non-hydrogen) atoms. The fourth-order valence-corrected chi connectivity index (χ4v) is 5.24. The number of urea groups is 1. The van der Waals surface area contributed by atoms with Crippen LogP contribution in [0.2, 0.25) is 0 Å². The first-order valence-corrected chi connectivity index (χ1v) is 14.3. The Morgan fingerprint density at radius 3 is 2.54 bits per heavy atom. The summed E-state index contributed by atoms with van der Waals surface area (Å²) in [6.07, 6.45) is 3.16. The van der Waals surface area contributed by atoms with Crippen LogP contribution in [0.1, 0.15) is 12.5 Å². The topological polar surface area (TPSA) is 129 Å². The molecule has 2 aromatic heterocycles. The number of thiophene rings is 1. The number of amides is 2. The van der Waals surface area contributed by atoms with E-state index in [-0.39, 0.29) is 12.6 Å². The van der Waals surface area contributed by atoms with Crippen molar-refractivity contribution >= 4 is 44.6 Å². The summed E-state index contributed by atoms with van der Waals surface area (Å²) in [4.78, 5) is 22.7. The smallest absolute Gasteiger partial charge is 0.349 e. The van der Waals surface area contributed by atoms with E-state index in [4.69, 9.17) is 0 Å². The first-order valence-electron chi connectivity index (χ1n) is 11.5. The highest BCUT2D eigenvalue weighted by atomic mass is 32.2. The highest BCUT2D eigenvalue weighted by molar-refractivity contribution is 7.93. The van der Waals surface area contributed by atoms with Gasteiger partial charge in [0, 0.05) is 40.5 Å². The van der Waals surface area contributed by atoms with E-state index >= 15 is 0 Å². The number of hydrogen-bond acceptors (Lipinski definition) is 8. The molecule has 0 spiro atoms. The molecule has 0 aliphatic rings. The van der Waals surface area contributed by atoms with Gasteiger partial charge in [-0.1, -0.05) is 36.4 Å². The van der Waals surface area contributed by atoms with Gasteiger partial charge in [0.25, 0.3) is 0 Å². The van der Waals surface area contributed by atoms with E-state index in [0.29, 0.717) is 28.9 Å². The molecule has 2 aromatic carbocycles. The average Bonchev–Trinajstić information content (AvgIpc) is 3.43. The number of nitrogens with one attached hydrogen (secondary N) is 3. The molecular formula is C26H28N6O3S2. The SMILES string of the molecule is C[C@H](CO)Nc1nc(Nc2ccc(S(C)(=O)=NC(=O)NCc3ccccc3)cc2)ncc1-c1cccs1. The molecule has 0 saturated heterocycles. The number of hydrogen-bond donors (Lipinski definition) is 4. The average molecular weight is 537 g/mol. The molecule has 0 aliphatic carbocycles. The molecule has 1 unspecified atom stereocenters. The fourth-order valence-electron chi connectivity index (χ4n) is 3.38. The molecule has 11 heteroatoms. The van der Waals surface area contributed by atoms with Gasteiger partial charge in [-0.2, -0.15) is 4.98 Å². The lowest BCUT2D eigenvalue weighted by molar-refractivity contribution is 0.249. The highest BCUT2D eigenvalue weighted by Crippen LogP contribution is 2.31. The van der Waals surface area contributed by atoms with E-state index in [0.717, 1.165) is 16.0 Å². The third-order valence-electron chi connectivity index (χ3n) is 5.32. The van der Waals surface area contributed by atoms with Gasteiger partial charge in [-0.05, 0) is 48.2 Å². The number of carbonyl (C=O) groups is 1. The Morgan fingerprint density at radius 1 is 1.11 bits per heavy atom. The van der Waals surface area contributed by atoms with E-state index in [2.05, 4.69) is 30.3 Å². The lowest BCUT2D eigenvalue weighted by Crippen LogP contribution is -2.21. The van der Waals surface area contributed by atoms with Crippen LogP contribution in [0.5, 0.6) is 0 Å². The van der Waals surface area contributed by atoms with Gasteiger partial charge in [0.05, 0.1) is 21.9 Å². The van der Waals surface area contributed by atoms with Crippen LogP contribution < -0.4 is 16.0 Å². The maximum absolute atomic E-state index is 13.1. The van der Waals surface area contributed by atoms with Crippen molar-refractivity contribution in [2.45, 2.75) is 24.4 Å². The number of nitrogens with zero attached hydrogens (tertiary/aromatic N) is 3. The van der Waals surface area contributed by atoms with Crippen molar-refractivity contribution in [1.82, 2.24) is 15.3 Å². The van der Waals surface area contributed by atoms with Crippen LogP contribution in [0.25, 0.3) is 10.4 Å². The molecule has 0 aliphatic heterocycles. The number of carbonyl (C=O) groups excluding carboxylic acids is 1. The van der Waals surface area contributed by atoms with Crippen LogP contribution in [-0.2, 0) is 16.3 Å². The van der Waals surface area contributed by atoms with Crippen molar-refractivity contribution in [2.75, 3.05) is 23.5 Å². The molecule has 0 fully saturated rings. The third kappa shape index (κ3) is 7.13. The summed E-state index contributed by atoms with van der Waals surface area (Å²) in [7, 11) is -2.94. The number of aliphatic hydroxyl groups is 1. The molecule has 2 amide bonds. The molecule has 4 aromatic rings. The Hall–Kier alpha value is -3.80. The number of rotatable bonds is 9. The van der Waals surface area contributed by atoms with Crippen molar-refractivity contribution < 1.29 is 14.1 Å². The van der Waals surface area contributed by atoms with Gasteiger partial charge >= 0.3 is 6.03 Å². The zero-order valence-corrected chi connectivity index (χ0v) is 22.1. The van der Waals surface area contributed by atoms with Gasteiger partial charge in [-0.25, -0.2) is 14.0 Å². The molecular weight excluding hydrogens is 508 g/mol. The molecule has 192 valence electrons.